The zero-order chi connectivity index (χ0) is 15.7. The summed E-state index contributed by atoms with van der Waals surface area (Å²) in [5.74, 6) is -0.171. The first-order chi connectivity index (χ1) is 10.5. The maximum Gasteiger partial charge on any atom is 0.251 e. The van der Waals surface area contributed by atoms with Crippen LogP contribution in [0.25, 0.3) is 11.0 Å². The number of hydrogen-bond donors (Lipinski definition) is 2. The fourth-order valence-electron chi connectivity index (χ4n) is 2.56. The minimum atomic E-state index is -0.701. The van der Waals surface area contributed by atoms with E-state index < -0.39 is 11.6 Å². The Bertz CT molecular complexity index is 692. The normalized spacial score (nSPS) is 19.3. The van der Waals surface area contributed by atoms with Gasteiger partial charge in [0.1, 0.15) is 11.8 Å². The Kier molecular flexibility index (Phi) is 4.08. The molecule has 1 saturated heterocycles. The van der Waals surface area contributed by atoms with E-state index >= 15 is 0 Å². The van der Waals surface area contributed by atoms with Crippen molar-refractivity contribution in [2.24, 2.45) is 0 Å². The molecule has 0 aliphatic carbocycles. The van der Waals surface area contributed by atoms with Crippen LogP contribution in [0.2, 0.25) is 5.02 Å². The number of hydrogen-bond acceptors (Lipinski definition) is 5. The van der Waals surface area contributed by atoms with Gasteiger partial charge in [0, 0.05) is 18.5 Å². The lowest BCUT2D eigenvalue weighted by Gasteiger charge is -2.29. The third-order valence-corrected chi connectivity index (χ3v) is 4.00. The molecule has 3 rings (SSSR count). The number of amides is 1. The average Bonchev–Trinajstić information content (AvgIpc) is 2.94. The monoisotopic (exact) mass is 323 g/mol. The van der Waals surface area contributed by atoms with Crippen LogP contribution in [-0.2, 0) is 15.1 Å². The minimum Gasteiger partial charge on any atom is -0.366 e. The molecule has 7 heteroatoms. The van der Waals surface area contributed by atoms with Crippen LogP contribution in [0.3, 0.4) is 0 Å². The van der Waals surface area contributed by atoms with Crippen molar-refractivity contribution in [1.82, 2.24) is 15.8 Å². The summed E-state index contributed by atoms with van der Waals surface area (Å²) in [6.07, 6.45) is -0.491. The largest absolute Gasteiger partial charge is 0.366 e. The molecule has 0 bridgehead atoms. The first-order valence-corrected chi connectivity index (χ1v) is 7.55. The molecule has 0 spiro atoms. The number of morpholine rings is 1. The van der Waals surface area contributed by atoms with Crippen LogP contribution in [0.4, 0.5) is 0 Å². The van der Waals surface area contributed by atoms with E-state index in [1.165, 1.54) is 0 Å². The van der Waals surface area contributed by atoms with Gasteiger partial charge in [0.2, 0.25) is 0 Å². The molecule has 1 aromatic heterocycles. The maximum atomic E-state index is 12.4. The number of ether oxygens (including phenoxy) is 1. The summed E-state index contributed by atoms with van der Waals surface area (Å²) >= 11 is 6.10. The minimum absolute atomic E-state index is 0.171. The van der Waals surface area contributed by atoms with Crippen LogP contribution in [0.1, 0.15) is 19.5 Å². The van der Waals surface area contributed by atoms with Crippen molar-refractivity contribution in [3.63, 3.8) is 0 Å². The van der Waals surface area contributed by atoms with E-state index in [0.717, 1.165) is 11.9 Å². The molecular weight excluding hydrogens is 306 g/mol. The van der Waals surface area contributed by atoms with Crippen molar-refractivity contribution in [2.45, 2.75) is 25.5 Å². The highest BCUT2D eigenvalue weighted by Gasteiger charge is 2.32. The molecule has 0 saturated carbocycles. The Balaban J connectivity index is 1.84. The molecule has 2 heterocycles. The van der Waals surface area contributed by atoms with E-state index in [0.29, 0.717) is 29.5 Å². The van der Waals surface area contributed by atoms with E-state index in [2.05, 4.69) is 15.8 Å². The first kappa shape index (κ1) is 15.3. The second-order valence-corrected chi connectivity index (χ2v) is 6.23. The van der Waals surface area contributed by atoms with E-state index in [-0.39, 0.29) is 5.91 Å². The summed E-state index contributed by atoms with van der Waals surface area (Å²) in [5, 5.41) is 11.5. The maximum absolute atomic E-state index is 12.4. The molecule has 1 fully saturated rings. The van der Waals surface area contributed by atoms with Crippen molar-refractivity contribution in [3.05, 3.63) is 28.9 Å². The van der Waals surface area contributed by atoms with E-state index in [1.54, 1.807) is 6.07 Å². The summed E-state index contributed by atoms with van der Waals surface area (Å²) in [7, 11) is 0. The van der Waals surface area contributed by atoms with Crippen LogP contribution in [0.5, 0.6) is 0 Å². The second-order valence-electron chi connectivity index (χ2n) is 5.83. The Hall–Kier alpha value is -1.63. The molecule has 1 amide bonds. The van der Waals surface area contributed by atoms with Gasteiger partial charge >= 0.3 is 0 Å². The van der Waals surface area contributed by atoms with Gasteiger partial charge in [0.15, 0.2) is 5.58 Å². The van der Waals surface area contributed by atoms with Gasteiger partial charge in [-0.15, -0.1) is 0 Å². The number of fused-ring (bicyclic) bond motifs is 1. The summed E-state index contributed by atoms with van der Waals surface area (Å²) in [6.45, 7) is 5.55. The van der Waals surface area contributed by atoms with Gasteiger partial charge in [-0.2, -0.15) is 0 Å². The third kappa shape index (κ3) is 2.82. The second kappa shape index (κ2) is 5.87. The lowest BCUT2D eigenvalue weighted by Crippen LogP contribution is -2.52. The molecule has 1 aliphatic heterocycles. The Morgan fingerprint density at radius 1 is 1.50 bits per heavy atom. The summed E-state index contributed by atoms with van der Waals surface area (Å²) in [5.41, 5.74) is 0.465. The highest BCUT2D eigenvalue weighted by atomic mass is 35.5. The highest BCUT2D eigenvalue weighted by molar-refractivity contribution is 6.34. The summed E-state index contributed by atoms with van der Waals surface area (Å²) < 4.78 is 10.8. The van der Waals surface area contributed by atoms with Gasteiger partial charge < -0.3 is 19.9 Å². The molecule has 0 unspecified atom stereocenters. The number of halogens is 1. The number of nitrogens with one attached hydrogen (secondary N) is 2. The third-order valence-electron chi connectivity index (χ3n) is 3.70. The number of carbonyl (C=O) groups is 1. The molecular formula is C15H18ClN3O3. The molecule has 1 aromatic carbocycles. The number of benzene rings is 1. The zero-order valence-corrected chi connectivity index (χ0v) is 13.2. The lowest BCUT2D eigenvalue weighted by molar-refractivity contribution is -0.136. The highest BCUT2D eigenvalue weighted by Crippen LogP contribution is 2.31. The Labute approximate surface area is 133 Å². The SMILES string of the molecule is CC(C)(NC(=O)[C@@H]1CNCCO1)c1noc2c(Cl)cccc12. The fourth-order valence-corrected chi connectivity index (χ4v) is 2.77. The molecule has 0 radical (unpaired) electrons. The first-order valence-electron chi connectivity index (χ1n) is 7.18. The predicted molar refractivity (Wildman–Crippen MR) is 82.8 cm³/mol. The van der Waals surface area contributed by atoms with Crippen molar-refractivity contribution < 1.29 is 14.1 Å². The van der Waals surface area contributed by atoms with E-state index in [1.807, 2.05) is 26.0 Å². The molecule has 118 valence electrons. The standard InChI is InChI=1S/C15H18ClN3O3/c1-15(2,18-14(20)11-8-17-6-7-21-11)13-9-4-3-5-10(16)12(9)22-19-13/h3-5,11,17H,6-8H2,1-2H3,(H,18,20)/t11-/m0/s1. The molecule has 2 N–H and O–H groups in total. The van der Waals surface area contributed by atoms with Crippen molar-refractivity contribution >= 4 is 28.5 Å². The predicted octanol–water partition coefficient (Wildman–Crippen LogP) is 1.82. The smallest absolute Gasteiger partial charge is 0.251 e. The van der Waals surface area contributed by atoms with Crippen molar-refractivity contribution in [2.75, 3.05) is 19.7 Å². The molecule has 6 nitrogen and oxygen atoms in total. The quantitative estimate of drug-likeness (QED) is 0.901. The molecule has 2 aromatic rings. The van der Waals surface area contributed by atoms with Gasteiger partial charge in [0.25, 0.3) is 5.91 Å². The number of rotatable bonds is 3. The van der Waals surface area contributed by atoms with Gasteiger partial charge in [-0.05, 0) is 26.0 Å². The number of para-hydroxylation sites is 1. The molecule has 1 aliphatic rings. The Morgan fingerprint density at radius 2 is 2.32 bits per heavy atom. The number of nitrogens with zero attached hydrogens (tertiary/aromatic N) is 1. The van der Waals surface area contributed by atoms with Crippen LogP contribution in [-0.4, -0.2) is 36.9 Å². The van der Waals surface area contributed by atoms with E-state index in [4.69, 9.17) is 20.9 Å². The number of carbonyl (C=O) groups excluding carboxylic acids is 1. The van der Waals surface area contributed by atoms with Gasteiger partial charge in [-0.25, -0.2) is 0 Å². The lowest BCUT2D eigenvalue weighted by atomic mass is 9.97. The topological polar surface area (TPSA) is 76.4 Å². The van der Waals surface area contributed by atoms with Gasteiger partial charge in [-0.1, -0.05) is 22.8 Å². The van der Waals surface area contributed by atoms with Crippen molar-refractivity contribution in [3.8, 4) is 0 Å². The summed E-state index contributed by atoms with van der Waals surface area (Å²) in [6, 6.07) is 5.45. The summed E-state index contributed by atoms with van der Waals surface area (Å²) in [4.78, 5) is 12.4. The zero-order valence-electron chi connectivity index (χ0n) is 12.5. The van der Waals surface area contributed by atoms with Crippen LogP contribution < -0.4 is 10.6 Å². The number of aromatic nitrogens is 1. The van der Waals surface area contributed by atoms with Crippen LogP contribution >= 0.6 is 11.6 Å². The molecule has 22 heavy (non-hydrogen) atoms. The average molecular weight is 324 g/mol. The van der Waals surface area contributed by atoms with Gasteiger partial charge in [-0.3, -0.25) is 4.79 Å². The van der Waals surface area contributed by atoms with Gasteiger partial charge in [0.05, 0.1) is 17.2 Å². The Morgan fingerprint density at radius 3 is 3.05 bits per heavy atom. The fraction of sp³-hybridized carbons (Fsp3) is 0.467. The van der Waals surface area contributed by atoms with E-state index in [9.17, 15) is 4.79 Å². The van der Waals surface area contributed by atoms with Crippen molar-refractivity contribution in [1.29, 1.82) is 0 Å². The molecule has 1 atom stereocenters. The van der Waals surface area contributed by atoms with Crippen LogP contribution in [0, 0.1) is 0 Å². The van der Waals surface area contributed by atoms with Crippen LogP contribution in [0.15, 0.2) is 22.7 Å².